The molecule has 3 amide bonds. The van der Waals surface area contributed by atoms with Crippen LogP contribution in [-0.2, 0) is 21.0 Å². The number of ether oxygens (including phenoxy) is 1. The van der Waals surface area contributed by atoms with Crippen LogP contribution < -0.4 is 31.3 Å². The fraction of sp³-hybridized carbons (Fsp3) is 0.366. The number of rotatable bonds is 16. The van der Waals surface area contributed by atoms with Gasteiger partial charge >= 0.3 is 0 Å². The molecule has 5 heterocycles. The molecule has 0 bridgehead atoms. The van der Waals surface area contributed by atoms with Gasteiger partial charge in [-0.2, -0.15) is 5.10 Å². The lowest BCUT2D eigenvalue weighted by molar-refractivity contribution is -0.133. The quantitative estimate of drug-likeness (QED) is 0.0807. The van der Waals surface area contributed by atoms with Crippen LogP contribution in [0.5, 0.6) is 5.75 Å². The Balaban J connectivity index is 0.852. The summed E-state index contributed by atoms with van der Waals surface area (Å²) < 4.78 is 6.03. The van der Waals surface area contributed by atoms with Gasteiger partial charge in [0, 0.05) is 104 Å². The summed E-state index contributed by atoms with van der Waals surface area (Å²) in [6.45, 7) is 8.28. The molecule has 0 unspecified atom stereocenters. The molecular weight excluding hydrogens is 767 g/mol. The van der Waals surface area contributed by atoms with Crippen molar-refractivity contribution in [3.8, 4) is 17.0 Å². The van der Waals surface area contributed by atoms with Crippen molar-refractivity contribution in [1.82, 2.24) is 30.4 Å². The van der Waals surface area contributed by atoms with E-state index in [4.69, 9.17) is 38.7 Å². The Hall–Kier alpha value is -5.60. The van der Waals surface area contributed by atoms with E-state index in [0.717, 1.165) is 72.0 Å². The van der Waals surface area contributed by atoms with Crippen LogP contribution in [0.3, 0.4) is 0 Å². The number of nitrogens with two attached hydrogens (primary N) is 1. The Bertz CT molecular complexity index is 2220. The normalized spacial score (nSPS) is 14.7. The number of pyridine rings is 2. The zero-order chi connectivity index (χ0) is 40.2. The molecule has 7 rings (SSSR count). The molecule has 2 saturated heterocycles. The molecule has 14 nitrogen and oxygen atoms in total. The van der Waals surface area contributed by atoms with Crippen LogP contribution >= 0.6 is 23.2 Å². The van der Waals surface area contributed by atoms with Crippen molar-refractivity contribution in [2.75, 3.05) is 61.3 Å². The Morgan fingerprint density at radius 2 is 1.70 bits per heavy atom. The molecule has 3 aromatic heterocycles. The Labute approximate surface area is 340 Å². The molecule has 298 valence electrons. The van der Waals surface area contributed by atoms with Crippen molar-refractivity contribution in [1.29, 1.82) is 0 Å². The summed E-state index contributed by atoms with van der Waals surface area (Å²) in [5.74, 6) is 1.15. The van der Waals surface area contributed by atoms with Gasteiger partial charge in [-0.1, -0.05) is 37.0 Å². The number of carbonyl (C=O) groups is 3. The number of hydrogen-bond donors (Lipinski definition) is 5. The third-order valence-corrected chi connectivity index (χ3v) is 11.1. The van der Waals surface area contributed by atoms with E-state index in [9.17, 15) is 14.4 Å². The van der Waals surface area contributed by atoms with E-state index in [1.165, 1.54) is 0 Å². The molecule has 2 fully saturated rings. The highest BCUT2D eigenvalue weighted by atomic mass is 35.5. The lowest BCUT2D eigenvalue weighted by Gasteiger charge is -2.48. The Morgan fingerprint density at radius 3 is 2.40 bits per heavy atom. The van der Waals surface area contributed by atoms with Crippen molar-refractivity contribution >= 4 is 69.0 Å². The molecule has 16 heteroatoms. The molecule has 2 aliphatic rings. The number of fused-ring (bicyclic) bond motifs is 1. The molecule has 2 aliphatic heterocycles. The molecule has 0 atom stereocenters. The van der Waals surface area contributed by atoms with Crippen molar-refractivity contribution in [2.45, 2.75) is 39.7 Å². The number of likely N-dealkylation sites (tertiary alicyclic amines) is 1. The van der Waals surface area contributed by atoms with E-state index in [-0.39, 0.29) is 42.7 Å². The van der Waals surface area contributed by atoms with Gasteiger partial charge in [0.2, 0.25) is 17.7 Å². The van der Waals surface area contributed by atoms with Gasteiger partial charge in [-0.05, 0) is 66.4 Å². The van der Waals surface area contributed by atoms with Crippen LogP contribution in [0.4, 0.5) is 17.2 Å². The lowest BCUT2D eigenvalue weighted by atomic mass is 9.79. The minimum absolute atomic E-state index is 0.0529. The van der Waals surface area contributed by atoms with Crippen LogP contribution in [0.1, 0.15) is 38.7 Å². The zero-order valence-electron chi connectivity index (χ0n) is 31.9. The van der Waals surface area contributed by atoms with E-state index in [2.05, 4.69) is 36.0 Å². The predicted octanol–water partition coefficient (Wildman–Crippen LogP) is 5.88. The third kappa shape index (κ3) is 9.69. The molecule has 5 aromatic rings. The van der Waals surface area contributed by atoms with Crippen LogP contribution in [0.2, 0.25) is 10.0 Å². The van der Waals surface area contributed by atoms with Crippen molar-refractivity contribution in [3.05, 3.63) is 88.8 Å². The van der Waals surface area contributed by atoms with Crippen LogP contribution in [0.25, 0.3) is 22.2 Å². The van der Waals surface area contributed by atoms with E-state index >= 15 is 0 Å². The second kappa shape index (κ2) is 16.9. The summed E-state index contributed by atoms with van der Waals surface area (Å²) >= 11 is 12.5. The topological polar surface area (TPSA) is 183 Å². The van der Waals surface area contributed by atoms with Gasteiger partial charge < -0.3 is 36.2 Å². The number of anilines is 3. The summed E-state index contributed by atoms with van der Waals surface area (Å²) in [5.41, 5.74) is 9.68. The van der Waals surface area contributed by atoms with Crippen molar-refractivity contribution in [2.24, 2.45) is 16.6 Å². The zero-order valence-corrected chi connectivity index (χ0v) is 33.4. The number of amides is 3. The summed E-state index contributed by atoms with van der Waals surface area (Å²) in [4.78, 5) is 50.0. The first-order valence-electron chi connectivity index (χ1n) is 18.9. The molecule has 0 radical (unpaired) electrons. The van der Waals surface area contributed by atoms with Crippen molar-refractivity contribution < 1.29 is 19.1 Å². The summed E-state index contributed by atoms with van der Waals surface area (Å²) in [5, 5.41) is 18.7. The number of carbonyl (C=O) groups excluding carboxylic acids is 3. The first-order valence-corrected chi connectivity index (χ1v) is 19.6. The van der Waals surface area contributed by atoms with Gasteiger partial charge in [-0.15, -0.1) is 0 Å². The monoisotopic (exact) mass is 812 g/mol. The largest absolute Gasteiger partial charge is 0.489 e. The number of aromatic amines is 1. The minimum Gasteiger partial charge on any atom is -0.489 e. The maximum Gasteiger partial charge on any atom is 0.239 e. The SMILES string of the molecule is CC(C)(CNC(=O)CNc1ccc(NCCC(N)=O)cc1)CC(=O)N1CCC2(C1)CN(c1ccc(-c3n[nH]c4ccc(OCc5c(Cl)cncc5Cl)cc34)cn1)C2. The van der Waals surface area contributed by atoms with Crippen molar-refractivity contribution in [3.63, 3.8) is 0 Å². The summed E-state index contributed by atoms with van der Waals surface area (Å²) in [6, 6.07) is 17.2. The molecule has 57 heavy (non-hydrogen) atoms. The second-order valence-electron chi connectivity index (χ2n) is 15.7. The smallest absolute Gasteiger partial charge is 0.239 e. The third-order valence-electron chi connectivity index (χ3n) is 10.5. The maximum absolute atomic E-state index is 13.4. The van der Waals surface area contributed by atoms with Gasteiger partial charge in [0.05, 0.1) is 22.1 Å². The number of primary amides is 1. The minimum atomic E-state index is -0.408. The second-order valence-corrected chi connectivity index (χ2v) is 16.5. The summed E-state index contributed by atoms with van der Waals surface area (Å²) in [6.07, 6.45) is 6.47. The fourth-order valence-corrected chi connectivity index (χ4v) is 7.76. The number of nitrogens with zero attached hydrogens (tertiary/aromatic N) is 5. The van der Waals surface area contributed by atoms with E-state index < -0.39 is 5.41 Å². The average molecular weight is 814 g/mol. The average Bonchev–Trinajstić information content (AvgIpc) is 3.82. The van der Waals surface area contributed by atoms with Crippen LogP contribution in [0, 0.1) is 10.8 Å². The Kier molecular flexibility index (Phi) is 11.7. The molecular formula is C41H46Cl2N10O4. The molecule has 6 N–H and O–H groups in total. The number of H-pyrrole nitrogens is 1. The first-order chi connectivity index (χ1) is 27.3. The number of hydrogen-bond acceptors (Lipinski definition) is 10. The molecule has 0 saturated carbocycles. The van der Waals surface area contributed by atoms with Gasteiger partial charge in [-0.3, -0.25) is 24.5 Å². The first kappa shape index (κ1) is 39.6. The highest BCUT2D eigenvalue weighted by Crippen LogP contribution is 2.42. The van der Waals surface area contributed by atoms with Gasteiger partial charge in [0.15, 0.2) is 0 Å². The van der Waals surface area contributed by atoms with E-state index in [0.29, 0.717) is 40.9 Å². The number of halogens is 2. The predicted molar refractivity (Wildman–Crippen MR) is 222 cm³/mol. The number of aromatic nitrogens is 4. The lowest BCUT2D eigenvalue weighted by Crippen LogP contribution is -2.58. The molecule has 2 aromatic carbocycles. The van der Waals surface area contributed by atoms with Gasteiger partial charge in [0.1, 0.15) is 23.9 Å². The standard InChI is InChI=1S/C41H46Cl2N10O4/c1-40(2,22-49-37(55)20-47-28-6-4-27(5-7-28)46-13-11-35(44)54)16-38(56)52-14-12-41(23-52)24-53(25-41)36-10-3-26(17-48-36)39-30-15-29(8-9-34(30)50-51-39)57-21-31-32(42)18-45-19-33(31)43/h3-10,15,17-19,46-47H,11-14,16,20-25H2,1-2H3,(H2,44,54)(H,49,55)(H,50,51). The van der Waals surface area contributed by atoms with E-state index in [1.807, 2.05) is 79.5 Å². The van der Waals surface area contributed by atoms with Gasteiger partial charge in [-0.25, -0.2) is 4.98 Å². The number of nitrogens with one attached hydrogen (secondary N) is 4. The molecule has 1 spiro atoms. The highest BCUT2D eigenvalue weighted by molar-refractivity contribution is 6.35. The molecule has 0 aliphatic carbocycles. The highest BCUT2D eigenvalue weighted by Gasteiger charge is 2.49. The number of benzene rings is 2. The Morgan fingerprint density at radius 1 is 0.965 bits per heavy atom. The maximum atomic E-state index is 13.4. The summed E-state index contributed by atoms with van der Waals surface area (Å²) in [7, 11) is 0. The van der Waals surface area contributed by atoms with Crippen LogP contribution in [0.15, 0.2) is 73.2 Å². The van der Waals surface area contributed by atoms with Crippen LogP contribution in [-0.4, -0.2) is 88.6 Å². The fourth-order valence-electron chi connectivity index (χ4n) is 7.28. The van der Waals surface area contributed by atoms with E-state index in [1.54, 1.807) is 12.4 Å². The van der Waals surface area contributed by atoms with Gasteiger partial charge in [0.25, 0.3) is 0 Å².